The van der Waals surface area contributed by atoms with Crippen LogP contribution in [0.25, 0.3) is 0 Å². The summed E-state index contributed by atoms with van der Waals surface area (Å²) in [5, 5.41) is 12.2. The number of fused-ring (bicyclic) bond motifs is 1. The van der Waals surface area contributed by atoms with Gasteiger partial charge in [-0.2, -0.15) is 0 Å². The third kappa shape index (κ3) is 2.53. The molecule has 0 spiro atoms. The van der Waals surface area contributed by atoms with Gasteiger partial charge in [0.15, 0.2) is 5.82 Å². The Balaban J connectivity index is 1.46. The first-order chi connectivity index (χ1) is 10.8. The van der Waals surface area contributed by atoms with Gasteiger partial charge in [-0.3, -0.25) is 4.79 Å². The Morgan fingerprint density at radius 1 is 1.05 bits per heavy atom. The summed E-state index contributed by atoms with van der Waals surface area (Å²) < 4.78 is 2.23. The van der Waals surface area contributed by atoms with Crippen LogP contribution in [0.1, 0.15) is 62.6 Å². The van der Waals surface area contributed by atoms with Crippen molar-refractivity contribution in [2.75, 3.05) is 13.1 Å². The first-order valence-electron chi connectivity index (χ1n) is 8.77. The average molecular weight is 303 g/mol. The molecule has 3 aliphatic rings. The summed E-state index contributed by atoms with van der Waals surface area (Å²) in [6, 6.07) is 0.349. The van der Waals surface area contributed by atoms with Gasteiger partial charge in [0.2, 0.25) is 5.91 Å². The van der Waals surface area contributed by atoms with Gasteiger partial charge in [-0.15, -0.1) is 10.2 Å². The summed E-state index contributed by atoms with van der Waals surface area (Å²) >= 11 is 0. The van der Waals surface area contributed by atoms with Gasteiger partial charge in [-0.25, -0.2) is 0 Å². The number of aromatic nitrogens is 3. The fourth-order valence-corrected chi connectivity index (χ4v) is 4.14. The molecule has 1 N–H and O–H groups in total. The lowest BCUT2D eigenvalue weighted by molar-refractivity contribution is -0.138. The minimum atomic E-state index is 0.249. The number of carbonyl (C=O) groups is 1. The van der Waals surface area contributed by atoms with E-state index >= 15 is 0 Å². The molecule has 0 bridgehead atoms. The SMILES string of the molecule is O=C(C1CCCCC1)N1CCn2c(nnc2[C@@H]2CCCN2)C1. The van der Waals surface area contributed by atoms with E-state index in [1.807, 2.05) is 4.90 Å². The molecule has 1 aromatic heterocycles. The van der Waals surface area contributed by atoms with Crippen LogP contribution in [-0.2, 0) is 17.9 Å². The van der Waals surface area contributed by atoms with Crippen LogP contribution in [0.3, 0.4) is 0 Å². The molecule has 2 aliphatic heterocycles. The molecule has 1 saturated heterocycles. The minimum Gasteiger partial charge on any atom is -0.333 e. The molecule has 1 saturated carbocycles. The van der Waals surface area contributed by atoms with E-state index in [-0.39, 0.29) is 5.92 Å². The highest BCUT2D eigenvalue weighted by Gasteiger charge is 2.31. The summed E-state index contributed by atoms with van der Waals surface area (Å²) in [5.74, 6) is 2.62. The molecule has 0 aromatic carbocycles. The first kappa shape index (κ1) is 14.2. The van der Waals surface area contributed by atoms with Crippen molar-refractivity contribution in [1.29, 1.82) is 0 Å². The molecule has 6 nitrogen and oxygen atoms in total. The molecule has 22 heavy (non-hydrogen) atoms. The second kappa shape index (κ2) is 5.99. The fourth-order valence-electron chi connectivity index (χ4n) is 4.14. The van der Waals surface area contributed by atoms with Crippen LogP contribution in [0.4, 0.5) is 0 Å². The van der Waals surface area contributed by atoms with E-state index in [0.717, 1.165) is 50.5 Å². The van der Waals surface area contributed by atoms with E-state index in [0.29, 0.717) is 18.5 Å². The number of nitrogens with zero attached hydrogens (tertiary/aromatic N) is 4. The molecule has 6 heteroatoms. The lowest BCUT2D eigenvalue weighted by Crippen LogP contribution is -2.42. The van der Waals surface area contributed by atoms with Crippen molar-refractivity contribution < 1.29 is 4.79 Å². The Labute approximate surface area is 131 Å². The van der Waals surface area contributed by atoms with Crippen molar-refractivity contribution in [3.63, 3.8) is 0 Å². The van der Waals surface area contributed by atoms with E-state index in [1.54, 1.807) is 0 Å². The maximum Gasteiger partial charge on any atom is 0.226 e. The fraction of sp³-hybridized carbons (Fsp3) is 0.812. The van der Waals surface area contributed by atoms with E-state index in [4.69, 9.17) is 0 Å². The lowest BCUT2D eigenvalue weighted by Gasteiger charge is -2.32. The van der Waals surface area contributed by atoms with Crippen LogP contribution in [0.2, 0.25) is 0 Å². The number of carbonyl (C=O) groups excluding carboxylic acids is 1. The molecule has 1 aliphatic carbocycles. The van der Waals surface area contributed by atoms with Crippen LogP contribution in [-0.4, -0.2) is 38.7 Å². The second-order valence-corrected chi connectivity index (χ2v) is 6.87. The molecule has 3 heterocycles. The van der Waals surface area contributed by atoms with E-state index in [9.17, 15) is 4.79 Å². The van der Waals surface area contributed by atoms with Crippen molar-refractivity contribution in [2.24, 2.45) is 5.92 Å². The zero-order valence-electron chi connectivity index (χ0n) is 13.1. The largest absolute Gasteiger partial charge is 0.333 e. The number of amides is 1. The summed E-state index contributed by atoms with van der Waals surface area (Å²) in [6.07, 6.45) is 8.19. The van der Waals surface area contributed by atoms with Crippen molar-refractivity contribution in [1.82, 2.24) is 25.0 Å². The van der Waals surface area contributed by atoms with Crippen molar-refractivity contribution >= 4 is 5.91 Å². The van der Waals surface area contributed by atoms with Gasteiger partial charge in [0.1, 0.15) is 5.82 Å². The number of hydrogen-bond donors (Lipinski definition) is 1. The number of nitrogens with one attached hydrogen (secondary N) is 1. The van der Waals surface area contributed by atoms with Gasteiger partial charge in [-0.1, -0.05) is 19.3 Å². The zero-order valence-corrected chi connectivity index (χ0v) is 13.1. The Kier molecular flexibility index (Phi) is 3.86. The third-order valence-electron chi connectivity index (χ3n) is 5.42. The molecule has 1 atom stereocenters. The first-order valence-corrected chi connectivity index (χ1v) is 8.77. The Bertz CT molecular complexity index is 543. The van der Waals surface area contributed by atoms with Gasteiger partial charge < -0.3 is 14.8 Å². The molecule has 1 aromatic rings. The predicted molar refractivity (Wildman–Crippen MR) is 82.0 cm³/mol. The molecular weight excluding hydrogens is 278 g/mol. The smallest absolute Gasteiger partial charge is 0.226 e. The molecule has 1 amide bonds. The maximum absolute atomic E-state index is 12.7. The summed E-state index contributed by atoms with van der Waals surface area (Å²) in [6.45, 7) is 3.35. The number of rotatable bonds is 2. The van der Waals surface area contributed by atoms with Crippen molar-refractivity contribution in [3.8, 4) is 0 Å². The maximum atomic E-state index is 12.7. The Morgan fingerprint density at radius 2 is 1.91 bits per heavy atom. The lowest BCUT2D eigenvalue weighted by atomic mass is 9.88. The Morgan fingerprint density at radius 3 is 2.68 bits per heavy atom. The van der Waals surface area contributed by atoms with Crippen LogP contribution >= 0.6 is 0 Å². The van der Waals surface area contributed by atoms with Crippen molar-refractivity contribution in [2.45, 2.75) is 64.1 Å². The molecular formula is C16H25N5O. The minimum absolute atomic E-state index is 0.249. The Hall–Kier alpha value is -1.43. The van der Waals surface area contributed by atoms with Gasteiger partial charge in [0.05, 0.1) is 12.6 Å². The monoisotopic (exact) mass is 303 g/mol. The van der Waals surface area contributed by atoms with Crippen LogP contribution in [0.5, 0.6) is 0 Å². The van der Waals surface area contributed by atoms with E-state index in [1.165, 1.54) is 25.7 Å². The standard InChI is InChI=1S/C16H25N5O/c22-16(12-5-2-1-3-6-12)20-9-10-21-14(11-20)18-19-15(21)13-7-4-8-17-13/h12-13,17H,1-11H2/t13-/m0/s1. The highest BCUT2D eigenvalue weighted by molar-refractivity contribution is 5.79. The molecule has 4 rings (SSSR count). The number of hydrogen-bond acceptors (Lipinski definition) is 4. The molecule has 0 radical (unpaired) electrons. The molecule has 2 fully saturated rings. The zero-order chi connectivity index (χ0) is 14.9. The van der Waals surface area contributed by atoms with Gasteiger partial charge >= 0.3 is 0 Å². The third-order valence-corrected chi connectivity index (χ3v) is 5.42. The van der Waals surface area contributed by atoms with Crippen LogP contribution in [0, 0.1) is 5.92 Å². The highest BCUT2D eigenvalue weighted by Crippen LogP contribution is 2.28. The average Bonchev–Trinajstić information content (AvgIpc) is 3.23. The van der Waals surface area contributed by atoms with Crippen LogP contribution in [0.15, 0.2) is 0 Å². The van der Waals surface area contributed by atoms with Crippen molar-refractivity contribution in [3.05, 3.63) is 11.6 Å². The van der Waals surface area contributed by atoms with Crippen LogP contribution < -0.4 is 5.32 Å². The van der Waals surface area contributed by atoms with E-state index < -0.39 is 0 Å². The molecule has 120 valence electrons. The van der Waals surface area contributed by atoms with Gasteiger partial charge in [0, 0.05) is 19.0 Å². The topological polar surface area (TPSA) is 63.1 Å². The normalized spacial score (nSPS) is 26.2. The molecule has 0 unspecified atom stereocenters. The highest BCUT2D eigenvalue weighted by atomic mass is 16.2. The van der Waals surface area contributed by atoms with Gasteiger partial charge in [0.25, 0.3) is 0 Å². The summed E-state index contributed by atoms with van der Waals surface area (Å²) in [5.41, 5.74) is 0. The summed E-state index contributed by atoms with van der Waals surface area (Å²) in [4.78, 5) is 14.7. The summed E-state index contributed by atoms with van der Waals surface area (Å²) in [7, 11) is 0. The van der Waals surface area contributed by atoms with Gasteiger partial charge in [-0.05, 0) is 32.2 Å². The van der Waals surface area contributed by atoms with E-state index in [2.05, 4.69) is 20.1 Å². The second-order valence-electron chi connectivity index (χ2n) is 6.87. The predicted octanol–water partition coefficient (Wildman–Crippen LogP) is 1.63. The quantitative estimate of drug-likeness (QED) is 0.902.